The number of carboxylic acids is 1. The molecule has 178 valence electrons. The van der Waals surface area contributed by atoms with Gasteiger partial charge in [0.1, 0.15) is 35.8 Å². The lowest BCUT2D eigenvalue weighted by Crippen LogP contribution is -2.38. The minimum atomic E-state index is -3.79. The summed E-state index contributed by atoms with van der Waals surface area (Å²) in [5.41, 5.74) is 1.37. The molecule has 1 heterocycles. The van der Waals surface area contributed by atoms with E-state index in [1.54, 1.807) is 24.3 Å². The van der Waals surface area contributed by atoms with E-state index in [-0.39, 0.29) is 29.9 Å². The van der Waals surface area contributed by atoms with Crippen molar-refractivity contribution >= 4 is 16.0 Å². The second kappa shape index (κ2) is 9.47. The van der Waals surface area contributed by atoms with E-state index >= 15 is 0 Å². The van der Waals surface area contributed by atoms with Crippen LogP contribution in [0.2, 0.25) is 0 Å². The zero-order valence-corrected chi connectivity index (χ0v) is 18.6. The van der Waals surface area contributed by atoms with Crippen LogP contribution in [-0.4, -0.2) is 35.6 Å². The molecule has 1 fully saturated rings. The molecule has 1 atom stereocenters. The summed E-state index contributed by atoms with van der Waals surface area (Å²) in [7, 11) is -3.79. The van der Waals surface area contributed by atoms with E-state index in [4.69, 9.17) is 4.74 Å². The van der Waals surface area contributed by atoms with Crippen molar-refractivity contribution in [3.05, 3.63) is 89.2 Å². The third kappa shape index (κ3) is 5.07. The highest BCUT2D eigenvalue weighted by Crippen LogP contribution is 2.27. The molecule has 34 heavy (non-hydrogen) atoms. The first-order valence-corrected chi connectivity index (χ1v) is 11.9. The highest BCUT2D eigenvalue weighted by atomic mass is 32.2. The summed E-state index contributed by atoms with van der Waals surface area (Å²) >= 11 is 0. The number of rotatable bonds is 7. The highest BCUT2D eigenvalue weighted by Gasteiger charge is 2.41. The molecule has 4 rings (SSSR count). The average molecular weight is 491 g/mol. The van der Waals surface area contributed by atoms with Gasteiger partial charge in [-0.25, -0.2) is 21.6 Å². The summed E-state index contributed by atoms with van der Waals surface area (Å²) < 4.78 is 72.4. The lowest BCUT2D eigenvalue weighted by Gasteiger charge is -2.20. The lowest BCUT2D eigenvalue weighted by atomic mass is 10.1. The molecule has 0 aliphatic carbocycles. The van der Waals surface area contributed by atoms with Crippen molar-refractivity contribution in [2.45, 2.75) is 25.6 Å². The molecule has 0 bridgehead atoms. The smallest absolute Gasteiger partial charge is 0.322 e. The van der Waals surface area contributed by atoms with Crippen molar-refractivity contribution in [3.8, 4) is 16.9 Å². The molecule has 0 radical (unpaired) electrons. The van der Waals surface area contributed by atoms with E-state index in [0.29, 0.717) is 16.9 Å². The second-order valence-corrected chi connectivity index (χ2v) is 9.91. The third-order valence-electron chi connectivity index (χ3n) is 5.58. The first-order valence-electron chi connectivity index (χ1n) is 10.3. The van der Waals surface area contributed by atoms with Gasteiger partial charge in [-0.05, 0) is 53.9 Å². The van der Waals surface area contributed by atoms with Crippen molar-refractivity contribution in [2.75, 3.05) is 5.75 Å². The Morgan fingerprint density at radius 2 is 1.74 bits per heavy atom. The minimum absolute atomic E-state index is 0.0344. The number of carboxylic acid groups (broad SMARTS) is 1. The topological polar surface area (TPSA) is 83.9 Å². The summed E-state index contributed by atoms with van der Waals surface area (Å²) in [5.74, 6) is -3.12. The van der Waals surface area contributed by atoms with E-state index in [2.05, 4.69) is 0 Å². The standard InChI is InChI=1S/C24H20F3NO5S/c25-18-4-7-20(22(27)12-18)16-2-5-19(6-3-16)33-14-15-1-8-21(26)17(11-15)13-28-23(24(29)30)9-10-34(28,31)32/h1-8,11-12,23H,9-10,13-14H2,(H,29,30). The number of benzene rings is 3. The number of ether oxygens (including phenoxy) is 1. The molecule has 1 aliphatic heterocycles. The molecule has 1 unspecified atom stereocenters. The van der Waals surface area contributed by atoms with Gasteiger partial charge in [0, 0.05) is 23.7 Å². The van der Waals surface area contributed by atoms with Gasteiger partial charge in [0.15, 0.2) is 0 Å². The van der Waals surface area contributed by atoms with Gasteiger partial charge in [0.25, 0.3) is 0 Å². The SMILES string of the molecule is O=C(O)C1CCS(=O)(=O)N1Cc1cc(COc2ccc(-c3ccc(F)cc3F)cc2)ccc1F. The Hall–Kier alpha value is -3.37. The van der Waals surface area contributed by atoms with Crippen LogP contribution in [0.3, 0.4) is 0 Å². The molecule has 0 spiro atoms. The molecule has 10 heteroatoms. The lowest BCUT2D eigenvalue weighted by molar-refractivity contribution is -0.141. The van der Waals surface area contributed by atoms with Gasteiger partial charge in [-0.15, -0.1) is 0 Å². The van der Waals surface area contributed by atoms with Crippen LogP contribution in [0.25, 0.3) is 11.1 Å². The Morgan fingerprint density at radius 3 is 2.41 bits per heavy atom. The molecule has 6 nitrogen and oxygen atoms in total. The van der Waals surface area contributed by atoms with Crippen LogP contribution in [0.1, 0.15) is 17.5 Å². The fourth-order valence-corrected chi connectivity index (χ4v) is 5.47. The highest BCUT2D eigenvalue weighted by molar-refractivity contribution is 7.89. The molecule has 3 aromatic carbocycles. The van der Waals surface area contributed by atoms with Crippen LogP contribution >= 0.6 is 0 Å². The number of halogens is 3. The van der Waals surface area contributed by atoms with Crippen molar-refractivity contribution in [1.82, 2.24) is 4.31 Å². The van der Waals surface area contributed by atoms with Gasteiger partial charge in [-0.1, -0.05) is 18.2 Å². The molecule has 1 N–H and O–H groups in total. The summed E-state index contributed by atoms with van der Waals surface area (Å²) in [5, 5.41) is 9.29. The quantitative estimate of drug-likeness (QED) is 0.532. The monoisotopic (exact) mass is 491 g/mol. The molecule has 1 saturated heterocycles. The van der Waals surface area contributed by atoms with E-state index in [0.717, 1.165) is 10.4 Å². The van der Waals surface area contributed by atoms with Crippen LogP contribution in [-0.2, 0) is 28.0 Å². The predicted octanol–water partition coefficient (Wildman–Crippen LogP) is 4.34. The van der Waals surface area contributed by atoms with E-state index in [9.17, 15) is 31.5 Å². The number of carbonyl (C=O) groups is 1. The van der Waals surface area contributed by atoms with Gasteiger partial charge < -0.3 is 9.84 Å². The Balaban J connectivity index is 1.46. The van der Waals surface area contributed by atoms with Gasteiger partial charge in [0.2, 0.25) is 10.0 Å². The number of hydrogen-bond acceptors (Lipinski definition) is 4. The van der Waals surface area contributed by atoms with Crippen LogP contribution in [0.4, 0.5) is 13.2 Å². The summed E-state index contributed by atoms with van der Waals surface area (Å²) in [4.78, 5) is 11.4. The first kappa shape index (κ1) is 23.8. The van der Waals surface area contributed by atoms with Gasteiger partial charge in [0.05, 0.1) is 5.75 Å². The van der Waals surface area contributed by atoms with E-state index in [1.165, 1.54) is 30.3 Å². The van der Waals surface area contributed by atoms with E-state index < -0.39 is 46.0 Å². The Labute approximate surface area is 194 Å². The van der Waals surface area contributed by atoms with Crippen molar-refractivity contribution in [2.24, 2.45) is 0 Å². The Kier molecular flexibility index (Phi) is 6.63. The summed E-state index contributed by atoms with van der Waals surface area (Å²) in [6.07, 6.45) is -0.0557. The van der Waals surface area contributed by atoms with E-state index in [1.807, 2.05) is 0 Å². The molecule has 0 aromatic heterocycles. The second-order valence-electron chi connectivity index (χ2n) is 7.87. The summed E-state index contributed by atoms with van der Waals surface area (Å²) in [6, 6.07) is 12.6. The average Bonchev–Trinajstić information content (AvgIpc) is 3.09. The molecule has 3 aromatic rings. The first-order chi connectivity index (χ1) is 16.1. The van der Waals surface area contributed by atoms with Crippen molar-refractivity contribution in [3.63, 3.8) is 0 Å². The molecule has 1 aliphatic rings. The van der Waals surface area contributed by atoms with Crippen molar-refractivity contribution in [1.29, 1.82) is 0 Å². The number of aliphatic carboxylic acids is 1. The molecule has 0 saturated carbocycles. The maximum Gasteiger partial charge on any atom is 0.322 e. The molecular formula is C24H20F3NO5S. The van der Waals surface area contributed by atoms with Crippen LogP contribution in [0, 0.1) is 17.5 Å². The van der Waals surface area contributed by atoms with Gasteiger partial charge in [-0.3, -0.25) is 4.79 Å². The zero-order valence-electron chi connectivity index (χ0n) is 17.7. The minimum Gasteiger partial charge on any atom is -0.489 e. The zero-order chi connectivity index (χ0) is 24.5. The van der Waals surface area contributed by atoms with Gasteiger partial charge in [-0.2, -0.15) is 4.31 Å². The maximum atomic E-state index is 14.4. The molecule has 0 amide bonds. The maximum absolute atomic E-state index is 14.4. The number of nitrogens with zero attached hydrogens (tertiary/aromatic N) is 1. The fourth-order valence-electron chi connectivity index (χ4n) is 3.80. The van der Waals surface area contributed by atoms with Crippen LogP contribution in [0.15, 0.2) is 60.7 Å². The Bertz CT molecular complexity index is 1330. The number of hydrogen-bond donors (Lipinski definition) is 1. The fraction of sp³-hybridized carbons (Fsp3) is 0.208. The molecular weight excluding hydrogens is 471 g/mol. The van der Waals surface area contributed by atoms with Gasteiger partial charge >= 0.3 is 5.97 Å². The predicted molar refractivity (Wildman–Crippen MR) is 118 cm³/mol. The third-order valence-corrected chi connectivity index (χ3v) is 7.43. The number of sulfonamides is 1. The van der Waals surface area contributed by atoms with Crippen LogP contribution in [0.5, 0.6) is 5.75 Å². The normalized spacial score (nSPS) is 17.6. The Morgan fingerprint density at radius 1 is 1.00 bits per heavy atom. The summed E-state index contributed by atoms with van der Waals surface area (Å²) in [6.45, 7) is -0.358. The van der Waals surface area contributed by atoms with Crippen LogP contribution < -0.4 is 4.74 Å². The largest absolute Gasteiger partial charge is 0.489 e. The van der Waals surface area contributed by atoms with Crippen molar-refractivity contribution < 1.29 is 36.2 Å².